The Morgan fingerprint density at radius 3 is 2.41 bits per heavy atom. The minimum atomic E-state index is 0.726. The van der Waals surface area contributed by atoms with Crippen molar-refractivity contribution in [3.63, 3.8) is 0 Å². The van der Waals surface area contributed by atoms with Crippen LogP contribution in [0, 0.1) is 0 Å². The minimum absolute atomic E-state index is 0.726. The normalized spacial score (nSPS) is 11.2. The van der Waals surface area contributed by atoms with E-state index in [1.807, 2.05) is 101 Å². The summed E-state index contributed by atoms with van der Waals surface area (Å²) in [6.07, 6.45) is 3.77. The summed E-state index contributed by atoms with van der Waals surface area (Å²) in [5, 5.41) is 12.0. The van der Waals surface area contributed by atoms with Crippen LogP contribution >= 0.6 is 27.3 Å². The van der Waals surface area contributed by atoms with E-state index in [1.165, 1.54) is 11.3 Å². The predicted molar refractivity (Wildman–Crippen MR) is 135 cm³/mol. The molecule has 5 rings (SSSR count). The lowest BCUT2D eigenvalue weighted by molar-refractivity contribution is 0.884. The highest BCUT2D eigenvalue weighted by atomic mass is 79.9. The minimum Gasteiger partial charge on any atom is -0.253 e. The topological polar surface area (TPSA) is 55.1 Å². The molecule has 2 aromatic heterocycles. The third kappa shape index (κ3) is 4.39. The molecule has 0 saturated heterocycles. The maximum atomic E-state index is 4.81. The first kappa shape index (κ1) is 20.4. The zero-order valence-corrected chi connectivity index (χ0v) is 19.3. The lowest BCUT2D eigenvalue weighted by atomic mass is 10.1. The van der Waals surface area contributed by atoms with Crippen LogP contribution in [0.5, 0.6) is 0 Å². The highest BCUT2D eigenvalue weighted by Gasteiger charge is 2.11. The average molecular weight is 500 g/mol. The van der Waals surface area contributed by atoms with Gasteiger partial charge in [-0.2, -0.15) is 10.2 Å². The van der Waals surface area contributed by atoms with Crippen LogP contribution in [0.15, 0.2) is 106 Å². The molecule has 7 heteroatoms. The number of hydrogen-bond donors (Lipinski definition) is 1. The Bertz CT molecular complexity index is 1360. The third-order valence-electron chi connectivity index (χ3n) is 4.83. The van der Waals surface area contributed by atoms with Gasteiger partial charge in [0, 0.05) is 32.7 Å². The van der Waals surface area contributed by atoms with Crippen LogP contribution in [0.1, 0.15) is 5.56 Å². The molecule has 0 aliphatic rings. The first-order chi connectivity index (χ1) is 15.8. The van der Waals surface area contributed by atoms with Crippen molar-refractivity contribution in [2.24, 2.45) is 5.10 Å². The van der Waals surface area contributed by atoms with Gasteiger partial charge in [-0.25, -0.2) is 9.67 Å². The second-order valence-corrected chi connectivity index (χ2v) is 8.68. The lowest BCUT2D eigenvalue weighted by Gasteiger charge is -2.00. The van der Waals surface area contributed by atoms with Gasteiger partial charge in [0.1, 0.15) is 5.69 Å². The van der Waals surface area contributed by atoms with Crippen LogP contribution in [0.4, 0.5) is 5.13 Å². The number of nitrogens with zero attached hydrogens (tertiary/aromatic N) is 4. The smallest absolute Gasteiger partial charge is 0.203 e. The van der Waals surface area contributed by atoms with Gasteiger partial charge in [0.2, 0.25) is 5.13 Å². The maximum Gasteiger partial charge on any atom is 0.203 e. The monoisotopic (exact) mass is 499 g/mol. The Kier molecular flexibility index (Phi) is 5.91. The highest BCUT2D eigenvalue weighted by Crippen LogP contribution is 2.30. The van der Waals surface area contributed by atoms with E-state index < -0.39 is 0 Å². The molecule has 0 aliphatic heterocycles. The SMILES string of the molecule is Brc1ccccc1-c1csc(N/N=C/c2cn(-c3ccccc3)nc2-c2ccccc2)n1. The van der Waals surface area contributed by atoms with Crippen molar-refractivity contribution >= 4 is 38.6 Å². The zero-order chi connectivity index (χ0) is 21.8. The van der Waals surface area contributed by atoms with Crippen LogP contribution < -0.4 is 5.43 Å². The molecule has 0 fully saturated rings. The van der Waals surface area contributed by atoms with E-state index in [1.54, 1.807) is 6.21 Å². The lowest BCUT2D eigenvalue weighted by Crippen LogP contribution is -1.93. The molecule has 0 radical (unpaired) electrons. The molecule has 0 saturated carbocycles. The molecule has 156 valence electrons. The number of nitrogens with one attached hydrogen (secondary N) is 1. The van der Waals surface area contributed by atoms with Crippen molar-refractivity contribution in [1.29, 1.82) is 0 Å². The number of aromatic nitrogens is 3. The number of hydrazone groups is 1. The summed E-state index contributed by atoms with van der Waals surface area (Å²) in [6.45, 7) is 0. The van der Waals surface area contributed by atoms with Crippen molar-refractivity contribution in [1.82, 2.24) is 14.8 Å². The van der Waals surface area contributed by atoms with E-state index in [0.717, 1.165) is 43.4 Å². The molecule has 0 amide bonds. The number of para-hydroxylation sites is 1. The van der Waals surface area contributed by atoms with Crippen LogP contribution in [0.3, 0.4) is 0 Å². The van der Waals surface area contributed by atoms with Crippen LogP contribution in [-0.2, 0) is 0 Å². The Hall–Kier alpha value is -3.55. The molecule has 32 heavy (non-hydrogen) atoms. The van der Waals surface area contributed by atoms with Gasteiger partial charge in [-0.1, -0.05) is 82.7 Å². The van der Waals surface area contributed by atoms with Gasteiger partial charge in [0.25, 0.3) is 0 Å². The highest BCUT2D eigenvalue weighted by molar-refractivity contribution is 9.10. The Morgan fingerprint density at radius 2 is 1.62 bits per heavy atom. The molecular formula is C25H18BrN5S. The van der Waals surface area contributed by atoms with Crippen molar-refractivity contribution in [3.05, 3.63) is 107 Å². The summed E-state index contributed by atoms with van der Waals surface area (Å²) in [6, 6.07) is 28.2. The Labute approximate surface area is 198 Å². The second-order valence-electron chi connectivity index (χ2n) is 6.97. The van der Waals surface area contributed by atoms with Crippen molar-refractivity contribution in [2.45, 2.75) is 0 Å². The number of anilines is 1. The van der Waals surface area contributed by atoms with Gasteiger partial charge >= 0.3 is 0 Å². The van der Waals surface area contributed by atoms with Crippen LogP contribution in [0.2, 0.25) is 0 Å². The molecule has 2 heterocycles. The van der Waals surface area contributed by atoms with E-state index >= 15 is 0 Å². The summed E-state index contributed by atoms with van der Waals surface area (Å²) in [5.41, 5.74) is 8.82. The van der Waals surface area contributed by atoms with E-state index in [4.69, 9.17) is 5.10 Å². The number of hydrogen-bond acceptors (Lipinski definition) is 5. The molecule has 0 bridgehead atoms. The quantitative estimate of drug-likeness (QED) is 0.205. The number of halogens is 1. The van der Waals surface area contributed by atoms with Gasteiger partial charge in [-0.3, -0.25) is 5.43 Å². The fourth-order valence-electron chi connectivity index (χ4n) is 3.29. The molecule has 0 spiro atoms. The first-order valence-electron chi connectivity index (χ1n) is 9.98. The number of rotatable bonds is 6. The average Bonchev–Trinajstić information content (AvgIpc) is 3.48. The summed E-state index contributed by atoms with van der Waals surface area (Å²) in [5.74, 6) is 0. The maximum absolute atomic E-state index is 4.81. The van der Waals surface area contributed by atoms with Crippen molar-refractivity contribution in [2.75, 3.05) is 5.43 Å². The van der Waals surface area contributed by atoms with E-state index in [0.29, 0.717) is 0 Å². The van der Waals surface area contributed by atoms with Crippen molar-refractivity contribution in [3.8, 4) is 28.2 Å². The van der Waals surface area contributed by atoms with E-state index in [9.17, 15) is 0 Å². The number of thiazole rings is 1. The van der Waals surface area contributed by atoms with E-state index in [2.05, 4.69) is 31.4 Å². The van der Waals surface area contributed by atoms with Gasteiger partial charge in [-0.15, -0.1) is 11.3 Å². The molecule has 5 aromatic rings. The van der Waals surface area contributed by atoms with Crippen LogP contribution in [-0.4, -0.2) is 21.0 Å². The third-order valence-corrected chi connectivity index (χ3v) is 6.27. The van der Waals surface area contributed by atoms with Gasteiger partial charge < -0.3 is 0 Å². The van der Waals surface area contributed by atoms with E-state index in [-0.39, 0.29) is 0 Å². The molecule has 1 N–H and O–H groups in total. The first-order valence-corrected chi connectivity index (χ1v) is 11.7. The summed E-state index contributed by atoms with van der Waals surface area (Å²) in [7, 11) is 0. The summed E-state index contributed by atoms with van der Waals surface area (Å²) < 4.78 is 2.89. The Morgan fingerprint density at radius 1 is 0.906 bits per heavy atom. The fourth-order valence-corrected chi connectivity index (χ4v) is 4.44. The fraction of sp³-hybridized carbons (Fsp3) is 0. The number of benzene rings is 3. The second kappa shape index (κ2) is 9.30. The van der Waals surface area contributed by atoms with Gasteiger partial charge in [0.05, 0.1) is 17.6 Å². The van der Waals surface area contributed by atoms with Gasteiger partial charge in [-0.05, 0) is 18.2 Å². The Balaban J connectivity index is 1.41. The molecule has 3 aromatic carbocycles. The zero-order valence-electron chi connectivity index (χ0n) is 16.9. The molecular weight excluding hydrogens is 482 g/mol. The van der Waals surface area contributed by atoms with Crippen LogP contribution in [0.25, 0.3) is 28.2 Å². The summed E-state index contributed by atoms with van der Waals surface area (Å²) >= 11 is 5.10. The largest absolute Gasteiger partial charge is 0.253 e. The molecule has 0 atom stereocenters. The van der Waals surface area contributed by atoms with Gasteiger partial charge in [0.15, 0.2) is 0 Å². The predicted octanol–water partition coefficient (Wildman–Crippen LogP) is 6.87. The molecule has 5 nitrogen and oxygen atoms in total. The summed E-state index contributed by atoms with van der Waals surface area (Å²) in [4.78, 5) is 4.65. The standard InChI is InChI=1S/C25H18BrN5S/c26-22-14-8-7-13-21(22)23-17-32-25(28-23)29-27-15-19-16-31(20-11-5-2-6-12-20)30-24(19)18-9-3-1-4-10-18/h1-17H,(H,28,29)/b27-15+. The molecule has 0 aliphatic carbocycles. The molecule has 0 unspecified atom stereocenters. The van der Waals surface area contributed by atoms with Crippen molar-refractivity contribution < 1.29 is 0 Å².